The molecule has 0 spiro atoms. The second kappa shape index (κ2) is 11.8. The molecule has 2 amide bonds. The number of aromatic nitrogens is 1. The molecule has 3 aromatic carbocycles. The van der Waals surface area contributed by atoms with Crippen molar-refractivity contribution in [2.24, 2.45) is 5.73 Å². The normalized spacial score (nSPS) is 10.6. The molecule has 4 rings (SSSR count). The van der Waals surface area contributed by atoms with Crippen LogP contribution in [0.3, 0.4) is 0 Å². The van der Waals surface area contributed by atoms with Crippen LogP contribution in [0.2, 0.25) is 5.02 Å². The third-order valence-corrected chi connectivity index (χ3v) is 5.86. The van der Waals surface area contributed by atoms with Gasteiger partial charge in [0, 0.05) is 29.9 Å². The van der Waals surface area contributed by atoms with Gasteiger partial charge in [-0.2, -0.15) is 0 Å². The molecule has 0 fully saturated rings. The van der Waals surface area contributed by atoms with Crippen molar-refractivity contribution in [3.63, 3.8) is 0 Å². The number of amides is 2. The minimum absolute atomic E-state index is 0.150. The predicted octanol–water partition coefficient (Wildman–Crippen LogP) is 4.98. The topological polar surface area (TPSA) is 116 Å². The zero-order valence-electron chi connectivity index (χ0n) is 19.8. The molecule has 0 radical (unpaired) electrons. The van der Waals surface area contributed by atoms with Gasteiger partial charge in [-0.05, 0) is 59.7 Å². The number of halogens is 1. The van der Waals surface area contributed by atoms with E-state index in [9.17, 15) is 9.59 Å². The third-order valence-electron chi connectivity index (χ3n) is 5.36. The Morgan fingerprint density at radius 2 is 1.84 bits per heavy atom. The summed E-state index contributed by atoms with van der Waals surface area (Å²) in [5, 5.41) is 6.65. The Kier molecular flexibility index (Phi) is 8.29. The number of hydrogen-bond donors (Lipinski definition) is 3. The van der Waals surface area contributed by atoms with E-state index in [1.54, 1.807) is 42.6 Å². The molecule has 0 atom stereocenters. The lowest BCUT2D eigenvalue weighted by Crippen LogP contribution is -2.35. The number of benzene rings is 3. The number of nitrogens with two attached hydrogens (primary N) is 1. The van der Waals surface area contributed by atoms with Crippen LogP contribution in [0, 0.1) is 0 Å². The first-order valence-electron chi connectivity index (χ1n) is 11.2. The first kappa shape index (κ1) is 26.0. The summed E-state index contributed by atoms with van der Waals surface area (Å²) in [6.07, 6.45) is 1.80. The largest absolute Gasteiger partial charge is 0.455 e. The summed E-state index contributed by atoms with van der Waals surface area (Å²) in [7, 11) is 1.54. The molecule has 37 heavy (non-hydrogen) atoms. The van der Waals surface area contributed by atoms with E-state index in [1.165, 1.54) is 7.11 Å². The average molecular weight is 535 g/mol. The molecule has 0 bridgehead atoms. The maximum absolute atomic E-state index is 12.2. The van der Waals surface area contributed by atoms with Gasteiger partial charge < -0.3 is 25.8 Å². The average Bonchev–Trinajstić information content (AvgIpc) is 2.86. The Hall–Kier alpha value is -4.05. The van der Waals surface area contributed by atoms with Gasteiger partial charge in [0.15, 0.2) is 5.11 Å². The summed E-state index contributed by atoms with van der Waals surface area (Å²) in [6, 6.07) is 19.4. The van der Waals surface area contributed by atoms with Crippen molar-refractivity contribution >= 4 is 57.3 Å². The highest BCUT2D eigenvalue weighted by molar-refractivity contribution is 7.80. The van der Waals surface area contributed by atoms with Gasteiger partial charge in [-0.3, -0.25) is 14.6 Å². The Morgan fingerprint density at radius 3 is 2.54 bits per heavy atom. The van der Waals surface area contributed by atoms with Crippen LogP contribution in [-0.4, -0.2) is 29.0 Å². The Bertz CT molecular complexity index is 1480. The van der Waals surface area contributed by atoms with Crippen LogP contribution >= 0.6 is 23.8 Å². The molecule has 0 aliphatic carbocycles. The van der Waals surface area contributed by atoms with Crippen molar-refractivity contribution in [2.75, 3.05) is 12.4 Å². The fourth-order valence-electron chi connectivity index (χ4n) is 3.70. The lowest BCUT2D eigenvalue weighted by Gasteiger charge is -2.14. The molecule has 1 heterocycles. The Labute approximate surface area is 223 Å². The monoisotopic (exact) mass is 534 g/mol. The fraction of sp³-hybridized carbons (Fsp3) is 0.111. The standard InChI is InChI=1S/C27H23ClN4O4S/c1-35-15-17-12-22-20(14-19(17)26(29)34)23(9-10-30-22)36-24-8-7-18(13-21(24)28)31-27(37)32-25(33)11-16-5-3-2-4-6-16/h2-10,12-14H,11,15H2,1H3,(H2,29,34)(H2,31,32,33,37). The van der Waals surface area contributed by atoms with Crippen LogP contribution in [-0.2, 0) is 22.6 Å². The van der Waals surface area contributed by atoms with Gasteiger partial charge in [-0.15, -0.1) is 0 Å². The van der Waals surface area contributed by atoms with Gasteiger partial charge in [0.25, 0.3) is 0 Å². The van der Waals surface area contributed by atoms with Crippen LogP contribution in [0.5, 0.6) is 11.5 Å². The highest BCUT2D eigenvalue weighted by atomic mass is 35.5. The summed E-state index contributed by atoms with van der Waals surface area (Å²) >= 11 is 11.7. The molecule has 0 saturated heterocycles. The quantitative estimate of drug-likeness (QED) is 0.273. The van der Waals surface area contributed by atoms with Crippen molar-refractivity contribution in [2.45, 2.75) is 13.0 Å². The van der Waals surface area contributed by atoms with E-state index >= 15 is 0 Å². The van der Waals surface area contributed by atoms with Gasteiger partial charge in [-0.1, -0.05) is 41.9 Å². The van der Waals surface area contributed by atoms with Crippen LogP contribution < -0.4 is 21.1 Å². The van der Waals surface area contributed by atoms with E-state index < -0.39 is 5.91 Å². The smallest absolute Gasteiger partial charge is 0.249 e. The SMILES string of the molecule is COCc1cc2nccc(Oc3ccc(NC(=S)NC(=O)Cc4ccccc4)cc3Cl)c2cc1C(N)=O. The lowest BCUT2D eigenvalue weighted by molar-refractivity contribution is -0.119. The number of carbonyl (C=O) groups is 2. The van der Waals surface area contributed by atoms with Crippen LogP contribution in [0.4, 0.5) is 5.69 Å². The summed E-state index contributed by atoms with van der Waals surface area (Å²) in [5.74, 6) is 0.00968. The van der Waals surface area contributed by atoms with E-state index in [2.05, 4.69) is 15.6 Å². The number of thiocarbonyl (C=S) groups is 1. The molecule has 8 nitrogen and oxygen atoms in total. The summed E-state index contributed by atoms with van der Waals surface area (Å²) < 4.78 is 11.2. The summed E-state index contributed by atoms with van der Waals surface area (Å²) in [4.78, 5) is 28.6. The number of nitrogens with zero attached hydrogens (tertiary/aromatic N) is 1. The van der Waals surface area contributed by atoms with Gasteiger partial charge >= 0.3 is 0 Å². The number of primary amides is 1. The van der Waals surface area contributed by atoms with Crippen molar-refractivity contribution in [3.8, 4) is 11.5 Å². The van der Waals surface area contributed by atoms with Gasteiger partial charge in [0.2, 0.25) is 11.8 Å². The van der Waals surface area contributed by atoms with Crippen LogP contribution in [0.15, 0.2) is 72.9 Å². The van der Waals surface area contributed by atoms with Gasteiger partial charge in [0.1, 0.15) is 11.5 Å². The van der Waals surface area contributed by atoms with Gasteiger partial charge in [0.05, 0.1) is 23.6 Å². The third kappa shape index (κ3) is 6.59. The lowest BCUT2D eigenvalue weighted by atomic mass is 10.0. The molecule has 4 aromatic rings. The maximum atomic E-state index is 12.2. The maximum Gasteiger partial charge on any atom is 0.249 e. The highest BCUT2D eigenvalue weighted by Gasteiger charge is 2.15. The molecule has 10 heteroatoms. The molecule has 0 saturated carbocycles. The zero-order chi connectivity index (χ0) is 26.4. The first-order chi connectivity index (χ1) is 17.8. The van der Waals surface area contributed by atoms with E-state index in [-0.39, 0.29) is 24.0 Å². The molecule has 1 aromatic heterocycles. The van der Waals surface area contributed by atoms with Crippen molar-refractivity contribution in [1.29, 1.82) is 0 Å². The highest BCUT2D eigenvalue weighted by Crippen LogP contribution is 2.35. The van der Waals surface area contributed by atoms with Crippen molar-refractivity contribution in [1.82, 2.24) is 10.3 Å². The number of fused-ring (bicyclic) bond motifs is 1. The zero-order valence-corrected chi connectivity index (χ0v) is 21.4. The minimum Gasteiger partial charge on any atom is -0.455 e. The summed E-state index contributed by atoms with van der Waals surface area (Å²) in [5.41, 5.74) is 8.59. The number of nitrogens with one attached hydrogen (secondary N) is 2. The van der Waals surface area contributed by atoms with E-state index in [4.69, 9.17) is 39.0 Å². The Balaban J connectivity index is 1.48. The number of rotatable bonds is 8. The fourth-order valence-corrected chi connectivity index (χ4v) is 4.15. The first-order valence-corrected chi connectivity index (χ1v) is 11.9. The summed E-state index contributed by atoms with van der Waals surface area (Å²) in [6.45, 7) is 0.218. The molecule has 0 aliphatic heterocycles. The molecule has 4 N–H and O–H groups in total. The van der Waals surface area contributed by atoms with E-state index in [1.807, 2.05) is 30.3 Å². The van der Waals surface area contributed by atoms with Crippen molar-refractivity contribution in [3.05, 3.63) is 94.6 Å². The molecular weight excluding hydrogens is 512 g/mol. The predicted molar refractivity (Wildman–Crippen MR) is 147 cm³/mol. The molecule has 0 unspecified atom stereocenters. The van der Waals surface area contributed by atoms with E-state index in [0.29, 0.717) is 44.2 Å². The number of pyridine rings is 1. The van der Waals surface area contributed by atoms with Gasteiger partial charge in [-0.25, -0.2) is 0 Å². The Morgan fingerprint density at radius 1 is 1.05 bits per heavy atom. The second-order valence-electron chi connectivity index (χ2n) is 8.04. The van der Waals surface area contributed by atoms with Crippen LogP contribution in [0.25, 0.3) is 10.9 Å². The number of ether oxygens (including phenoxy) is 2. The number of hydrogen-bond acceptors (Lipinski definition) is 6. The minimum atomic E-state index is -0.580. The van der Waals surface area contributed by atoms with E-state index in [0.717, 1.165) is 5.56 Å². The second-order valence-corrected chi connectivity index (χ2v) is 8.86. The molecular formula is C27H23ClN4O4S. The van der Waals surface area contributed by atoms with Crippen molar-refractivity contribution < 1.29 is 19.1 Å². The number of carbonyl (C=O) groups excluding carboxylic acids is 2. The number of anilines is 1. The molecule has 0 aliphatic rings. The molecule has 188 valence electrons. The number of methoxy groups -OCH3 is 1. The van der Waals surface area contributed by atoms with Crippen LogP contribution in [0.1, 0.15) is 21.5 Å².